The molecule has 0 spiro atoms. The molecule has 2 rings (SSSR count). The van der Waals surface area contributed by atoms with Gasteiger partial charge in [-0.2, -0.15) is 4.37 Å². The van der Waals surface area contributed by atoms with Gasteiger partial charge < -0.3 is 0 Å². The van der Waals surface area contributed by atoms with Gasteiger partial charge in [0.05, 0.1) is 0 Å². The van der Waals surface area contributed by atoms with Gasteiger partial charge in [0.25, 0.3) is 0 Å². The van der Waals surface area contributed by atoms with Crippen molar-refractivity contribution in [1.29, 1.82) is 0 Å². The zero-order chi connectivity index (χ0) is 11.7. The molecule has 1 aliphatic rings. The Morgan fingerprint density at radius 3 is 2.88 bits per heavy atom. The van der Waals surface area contributed by atoms with E-state index in [1.165, 1.54) is 11.5 Å². The summed E-state index contributed by atoms with van der Waals surface area (Å²) in [5, 5.41) is 1.61. The van der Waals surface area contributed by atoms with Crippen LogP contribution in [0.25, 0.3) is 0 Å². The first-order chi connectivity index (χ1) is 7.61. The van der Waals surface area contributed by atoms with Crippen LogP contribution in [-0.2, 0) is 4.79 Å². The highest BCUT2D eigenvalue weighted by molar-refractivity contribution is 9.09. The first-order valence-electron chi connectivity index (χ1n) is 5.31. The van der Waals surface area contributed by atoms with E-state index < -0.39 is 0 Å². The van der Waals surface area contributed by atoms with E-state index in [1.807, 2.05) is 0 Å². The number of halogens is 1. The second-order valence-electron chi connectivity index (χ2n) is 4.32. The molecule has 4 nitrogen and oxygen atoms in total. The number of carbonyl (C=O) groups is 1. The molecule has 2 heterocycles. The minimum absolute atomic E-state index is 0.163. The molecule has 16 heavy (non-hydrogen) atoms. The van der Waals surface area contributed by atoms with Gasteiger partial charge >= 0.3 is 0 Å². The monoisotopic (exact) mass is 303 g/mol. The zero-order valence-electron chi connectivity index (χ0n) is 9.31. The fourth-order valence-electron chi connectivity index (χ4n) is 1.64. The molecule has 1 unspecified atom stereocenters. The SMILES string of the molecule is CC(C)c1nsc(N2CC(CBr)CC2=O)n1. The maximum Gasteiger partial charge on any atom is 0.229 e. The van der Waals surface area contributed by atoms with Gasteiger partial charge in [-0.05, 0) is 5.92 Å². The molecule has 0 N–H and O–H groups in total. The van der Waals surface area contributed by atoms with E-state index in [9.17, 15) is 4.79 Å². The molecule has 1 saturated heterocycles. The number of carbonyl (C=O) groups excluding carboxylic acids is 1. The summed E-state index contributed by atoms with van der Waals surface area (Å²) in [6.45, 7) is 4.87. The van der Waals surface area contributed by atoms with E-state index in [4.69, 9.17) is 0 Å². The highest BCUT2D eigenvalue weighted by Gasteiger charge is 2.32. The number of hydrogen-bond donors (Lipinski definition) is 0. The molecule has 88 valence electrons. The quantitative estimate of drug-likeness (QED) is 0.806. The van der Waals surface area contributed by atoms with Crippen molar-refractivity contribution in [3.8, 4) is 0 Å². The maximum absolute atomic E-state index is 11.8. The van der Waals surface area contributed by atoms with Crippen LogP contribution < -0.4 is 4.90 Å². The van der Waals surface area contributed by atoms with Crippen LogP contribution in [0, 0.1) is 5.92 Å². The lowest BCUT2D eigenvalue weighted by atomic mass is 10.2. The molecule has 1 atom stereocenters. The molecule has 1 aliphatic heterocycles. The minimum Gasteiger partial charge on any atom is -0.287 e. The molecule has 0 radical (unpaired) electrons. The van der Waals surface area contributed by atoms with Gasteiger partial charge in [-0.3, -0.25) is 9.69 Å². The Kier molecular flexibility index (Phi) is 3.59. The van der Waals surface area contributed by atoms with Gasteiger partial charge in [-0.1, -0.05) is 29.8 Å². The lowest BCUT2D eigenvalue weighted by Crippen LogP contribution is -2.24. The molecule has 0 aromatic carbocycles. The largest absolute Gasteiger partial charge is 0.287 e. The van der Waals surface area contributed by atoms with Crippen molar-refractivity contribution in [2.24, 2.45) is 5.92 Å². The van der Waals surface area contributed by atoms with E-state index in [1.54, 1.807) is 4.90 Å². The second-order valence-corrected chi connectivity index (χ2v) is 5.70. The van der Waals surface area contributed by atoms with Crippen LogP contribution in [0.5, 0.6) is 0 Å². The molecule has 1 fully saturated rings. The first-order valence-corrected chi connectivity index (χ1v) is 7.21. The number of amides is 1. The molecular formula is C10H14BrN3OS. The molecular weight excluding hydrogens is 290 g/mol. The predicted molar refractivity (Wildman–Crippen MR) is 68.3 cm³/mol. The van der Waals surface area contributed by atoms with Crippen molar-refractivity contribution in [2.75, 3.05) is 16.8 Å². The second kappa shape index (κ2) is 4.79. The Balaban J connectivity index is 2.15. The third-order valence-corrected chi connectivity index (χ3v) is 4.27. The molecule has 0 bridgehead atoms. The van der Waals surface area contributed by atoms with Gasteiger partial charge in [0, 0.05) is 35.7 Å². The number of aromatic nitrogens is 2. The van der Waals surface area contributed by atoms with E-state index in [0.29, 0.717) is 18.3 Å². The Bertz CT molecular complexity index is 393. The molecule has 0 aliphatic carbocycles. The maximum atomic E-state index is 11.8. The molecule has 1 aromatic heterocycles. The summed E-state index contributed by atoms with van der Waals surface area (Å²) >= 11 is 4.74. The van der Waals surface area contributed by atoms with Crippen molar-refractivity contribution in [1.82, 2.24) is 9.36 Å². The Hall–Kier alpha value is -0.490. The van der Waals surface area contributed by atoms with E-state index in [2.05, 4.69) is 39.1 Å². The first kappa shape index (κ1) is 12.0. The van der Waals surface area contributed by atoms with Crippen molar-refractivity contribution in [2.45, 2.75) is 26.2 Å². The van der Waals surface area contributed by atoms with Crippen LogP contribution >= 0.6 is 27.5 Å². The third-order valence-electron chi connectivity index (χ3n) is 2.60. The van der Waals surface area contributed by atoms with Gasteiger partial charge in [-0.25, -0.2) is 4.98 Å². The Morgan fingerprint density at radius 2 is 2.38 bits per heavy atom. The van der Waals surface area contributed by atoms with E-state index in [0.717, 1.165) is 22.8 Å². The lowest BCUT2D eigenvalue weighted by molar-refractivity contribution is -0.117. The summed E-state index contributed by atoms with van der Waals surface area (Å²) in [5.41, 5.74) is 0. The number of rotatable bonds is 3. The van der Waals surface area contributed by atoms with Crippen LogP contribution in [-0.4, -0.2) is 27.1 Å². The summed E-state index contributed by atoms with van der Waals surface area (Å²) in [7, 11) is 0. The highest BCUT2D eigenvalue weighted by Crippen LogP contribution is 2.28. The van der Waals surface area contributed by atoms with Crippen LogP contribution in [0.15, 0.2) is 0 Å². The van der Waals surface area contributed by atoms with Crippen molar-refractivity contribution < 1.29 is 4.79 Å². The van der Waals surface area contributed by atoms with Gasteiger partial charge in [0.1, 0.15) is 5.82 Å². The lowest BCUT2D eigenvalue weighted by Gasteiger charge is -2.11. The minimum atomic E-state index is 0.163. The third kappa shape index (κ3) is 2.27. The van der Waals surface area contributed by atoms with Crippen LogP contribution in [0.3, 0.4) is 0 Å². The molecule has 1 amide bonds. The predicted octanol–water partition coefficient (Wildman–Crippen LogP) is 2.41. The standard InChI is InChI=1S/C10H14BrN3OS/c1-6(2)9-12-10(16-13-9)14-5-7(4-11)3-8(14)15/h6-7H,3-5H2,1-2H3. The van der Waals surface area contributed by atoms with Crippen molar-refractivity contribution >= 4 is 38.5 Å². The summed E-state index contributed by atoms with van der Waals surface area (Å²) in [5.74, 6) is 1.71. The summed E-state index contributed by atoms with van der Waals surface area (Å²) < 4.78 is 4.27. The average Bonchev–Trinajstić information content (AvgIpc) is 2.83. The smallest absolute Gasteiger partial charge is 0.229 e. The fraction of sp³-hybridized carbons (Fsp3) is 0.700. The Morgan fingerprint density at radius 1 is 1.62 bits per heavy atom. The van der Waals surface area contributed by atoms with Crippen molar-refractivity contribution in [3.05, 3.63) is 5.82 Å². The number of anilines is 1. The van der Waals surface area contributed by atoms with Gasteiger partial charge in [0.15, 0.2) is 0 Å². The molecule has 0 saturated carbocycles. The van der Waals surface area contributed by atoms with Crippen LogP contribution in [0.1, 0.15) is 32.0 Å². The Labute approximate surface area is 107 Å². The van der Waals surface area contributed by atoms with Crippen molar-refractivity contribution in [3.63, 3.8) is 0 Å². The molecule has 1 aromatic rings. The van der Waals surface area contributed by atoms with Crippen LogP contribution in [0.2, 0.25) is 0 Å². The zero-order valence-corrected chi connectivity index (χ0v) is 11.7. The highest BCUT2D eigenvalue weighted by atomic mass is 79.9. The summed E-state index contributed by atoms with van der Waals surface area (Å²) in [4.78, 5) is 17.9. The average molecular weight is 304 g/mol. The van der Waals surface area contributed by atoms with Crippen LogP contribution in [0.4, 0.5) is 5.13 Å². The van der Waals surface area contributed by atoms with Gasteiger partial charge in [0.2, 0.25) is 11.0 Å². The fourth-order valence-corrected chi connectivity index (χ4v) is 2.91. The summed E-state index contributed by atoms with van der Waals surface area (Å²) in [6.07, 6.45) is 0.613. The molecule has 6 heteroatoms. The van der Waals surface area contributed by atoms with Gasteiger partial charge in [-0.15, -0.1) is 0 Å². The number of nitrogens with zero attached hydrogens (tertiary/aromatic N) is 3. The topological polar surface area (TPSA) is 46.1 Å². The van der Waals surface area contributed by atoms with E-state index in [-0.39, 0.29) is 5.91 Å². The van der Waals surface area contributed by atoms with E-state index >= 15 is 0 Å². The number of alkyl halides is 1. The summed E-state index contributed by atoms with van der Waals surface area (Å²) in [6, 6.07) is 0. The normalized spacial score (nSPS) is 21.1. The number of hydrogen-bond acceptors (Lipinski definition) is 4.